The van der Waals surface area contributed by atoms with E-state index >= 15 is 0 Å². The molecule has 3 N–H and O–H groups in total. The zero-order valence-electron chi connectivity index (χ0n) is 11.1. The van der Waals surface area contributed by atoms with Gasteiger partial charge < -0.3 is 15.8 Å². The summed E-state index contributed by atoms with van der Waals surface area (Å²) in [5, 5.41) is 2.97. The van der Waals surface area contributed by atoms with Gasteiger partial charge in [-0.05, 0) is 30.3 Å². The molecule has 1 amide bonds. The fourth-order valence-electron chi connectivity index (χ4n) is 1.74. The summed E-state index contributed by atoms with van der Waals surface area (Å²) in [4.78, 5) is 11.7. The van der Waals surface area contributed by atoms with Crippen molar-refractivity contribution in [3.05, 3.63) is 58.9 Å². The van der Waals surface area contributed by atoms with Crippen molar-refractivity contribution in [2.45, 2.75) is 6.54 Å². The predicted octanol–water partition coefficient (Wildman–Crippen LogP) is 2.96. The number of ether oxygens (including phenoxy) is 1. The van der Waals surface area contributed by atoms with E-state index in [1.165, 1.54) is 12.1 Å². The lowest BCUT2D eigenvalue weighted by Gasteiger charge is -2.11. The van der Waals surface area contributed by atoms with E-state index in [2.05, 4.69) is 5.32 Å². The Balaban J connectivity index is 1.97. The molecular formula is C15H14ClFN2O2. The zero-order valence-corrected chi connectivity index (χ0v) is 11.9. The molecule has 0 aliphatic heterocycles. The number of halogens is 2. The molecule has 21 heavy (non-hydrogen) atoms. The highest BCUT2D eigenvalue weighted by Crippen LogP contribution is 2.22. The first-order valence-electron chi connectivity index (χ1n) is 6.26. The van der Waals surface area contributed by atoms with Crippen molar-refractivity contribution in [1.29, 1.82) is 0 Å². The van der Waals surface area contributed by atoms with E-state index < -0.39 is 11.7 Å². The lowest BCUT2D eigenvalue weighted by molar-refractivity contribution is -0.118. The third-order valence-corrected chi connectivity index (χ3v) is 2.98. The lowest BCUT2D eigenvalue weighted by atomic mass is 10.2. The van der Waals surface area contributed by atoms with Gasteiger partial charge in [0.2, 0.25) is 0 Å². The van der Waals surface area contributed by atoms with Crippen LogP contribution in [-0.4, -0.2) is 12.5 Å². The maximum absolute atomic E-state index is 13.4. The zero-order chi connectivity index (χ0) is 15.2. The lowest BCUT2D eigenvalue weighted by Crippen LogP contribution is -2.21. The summed E-state index contributed by atoms with van der Waals surface area (Å²) < 4.78 is 18.8. The molecule has 0 aliphatic rings. The van der Waals surface area contributed by atoms with E-state index in [1.54, 1.807) is 30.3 Å². The topological polar surface area (TPSA) is 64.3 Å². The van der Waals surface area contributed by atoms with Crippen LogP contribution in [0.3, 0.4) is 0 Å². The summed E-state index contributed by atoms with van der Waals surface area (Å²) in [6.07, 6.45) is 0. The Bertz CT molecular complexity index is 649. The van der Waals surface area contributed by atoms with Crippen molar-refractivity contribution >= 4 is 23.2 Å². The fourth-order valence-corrected chi connectivity index (χ4v) is 1.94. The van der Waals surface area contributed by atoms with Gasteiger partial charge in [0.25, 0.3) is 5.91 Å². The van der Waals surface area contributed by atoms with Crippen molar-refractivity contribution in [3.63, 3.8) is 0 Å². The molecular weight excluding hydrogens is 295 g/mol. The van der Waals surface area contributed by atoms with E-state index in [0.717, 1.165) is 0 Å². The number of nitrogens with one attached hydrogen (secondary N) is 1. The molecule has 0 spiro atoms. The van der Waals surface area contributed by atoms with E-state index in [0.29, 0.717) is 16.3 Å². The van der Waals surface area contributed by atoms with Gasteiger partial charge in [-0.15, -0.1) is 0 Å². The molecule has 6 heteroatoms. The number of carbonyl (C=O) groups excluding carboxylic acids is 1. The number of amides is 1. The molecule has 2 rings (SSSR count). The van der Waals surface area contributed by atoms with Gasteiger partial charge in [-0.3, -0.25) is 4.79 Å². The number of para-hydroxylation sites is 1. The highest BCUT2D eigenvalue weighted by Gasteiger charge is 2.09. The van der Waals surface area contributed by atoms with Crippen LogP contribution in [-0.2, 0) is 11.3 Å². The Morgan fingerprint density at radius 3 is 2.76 bits per heavy atom. The van der Waals surface area contributed by atoms with Crippen molar-refractivity contribution < 1.29 is 13.9 Å². The summed E-state index contributed by atoms with van der Waals surface area (Å²) in [7, 11) is 0. The van der Waals surface area contributed by atoms with Gasteiger partial charge in [-0.1, -0.05) is 23.7 Å². The summed E-state index contributed by atoms with van der Waals surface area (Å²) in [6, 6.07) is 10.9. The van der Waals surface area contributed by atoms with Crippen LogP contribution in [0.2, 0.25) is 5.02 Å². The monoisotopic (exact) mass is 308 g/mol. The SMILES string of the molecule is NCc1cc(Cl)ccc1OCC(=O)Nc1ccccc1F. The van der Waals surface area contributed by atoms with Crippen LogP contribution < -0.4 is 15.8 Å². The van der Waals surface area contributed by atoms with E-state index in [9.17, 15) is 9.18 Å². The second-order valence-corrected chi connectivity index (χ2v) is 4.71. The molecule has 110 valence electrons. The van der Waals surface area contributed by atoms with Crippen LogP contribution in [0.25, 0.3) is 0 Å². The number of hydrogen-bond acceptors (Lipinski definition) is 3. The van der Waals surface area contributed by atoms with E-state index in [4.69, 9.17) is 22.1 Å². The summed E-state index contributed by atoms with van der Waals surface area (Å²) in [5.74, 6) is -0.483. The molecule has 2 aromatic carbocycles. The first-order valence-corrected chi connectivity index (χ1v) is 6.63. The maximum atomic E-state index is 13.4. The van der Waals surface area contributed by atoms with Crippen molar-refractivity contribution in [2.24, 2.45) is 5.73 Å². The third kappa shape index (κ3) is 4.18. The van der Waals surface area contributed by atoms with Crippen LogP contribution in [0, 0.1) is 5.82 Å². The minimum atomic E-state index is -0.500. The summed E-state index contributed by atoms with van der Waals surface area (Å²) in [5.41, 5.74) is 6.39. The van der Waals surface area contributed by atoms with Crippen LogP contribution in [0.5, 0.6) is 5.75 Å². The molecule has 2 aromatic rings. The Morgan fingerprint density at radius 1 is 1.29 bits per heavy atom. The molecule has 0 unspecified atom stereocenters. The molecule has 0 radical (unpaired) electrons. The summed E-state index contributed by atoms with van der Waals surface area (Å²) in [6.45, 7) is -0.00616. The first kappa shape index (κ1) is 15.3. The number of rotatable bonds is 5. The number of nitrogens with two attached hydrogens (primary N) is 1. The number of hydrogen-bond donors (Lipinski definition) is 2. The maximum Gasteiger partial charge on any atom is 0.262 e. The molecule has 0 aliphatic carbocycles. The molecule has 0 saturated heterocycles. The van der Waals surface area contributed by atoms with Gasteiger partial charge in [0.05, 0.1) is 5.69 Å². The average Bonchev–Trinajstić information content (AvgIpc) is 2.48. The highest BCUT2D eigenvalue weighted by molar-refractivity contribution is 6.30. The molecule has 0 bridgehead atoms. The van der Waals surface area contributed by atoms with Crippen LogP contribution in [0.1, 0.15) is 5.56 Å². The first-order chi connectivity index (χ1) is 10.1. The van der Waals surface area contributed by atoms with Gasteiger partial charge >= 0.3 is 0 Å². The quantitative estimate of drug-likeness (QED) is 0.892. The van der Waals surface area contributed by atoms with Gasteiger partial charge in [-0.25, -0.2) is 4.39 Å². The number of benzene rings is 2. The van der Waals surface area contributed by atoms with E-state index in [1.807, 2.05) is 0 Å². The number of anilines is 1. The predicted molar refractivity (Wildman–Crippen MR) is 79.9 cm³/mol. The third-order valence-electron chi connectivity index (χ3n) is 2.75. The van der Waals surface area contributed by atoms with Crippen molar-refractivity contribution in [1.82, 2.24) is 0 Å². The second-order valence-electron chi connectivity index (χ2n) is 4.27. The Kier molecular flexibility index (Phi) is 5.14. The Labute approximate surface area is 126 Å². The van der Waals surface area contributed by atoms with Crippen LogP contribution >= 0.6 is 11.6 Å². The van der Waals surface area contributed by atoms with Crippen LogP contribution in [0.4, 0.5) is 10.1 Å². The van der Waals surface area contributed by atoms with Gasteiger partial charge in [0.15, 0.2) is 6.61 Å². The largest absolute Gasteiger partial charge is 0.483 e. The molecule has 4 nitrogen and oxygen atoms in total. The molecule has 0 heterocycles. The number of carbonyl (C=O) groups is 1. The highest BCUT2D eigenvalue weighted by atomic mass is 35.5. The normalized spacial score (nSPS) is 10.2. The standard InChI is InChI=1S/C15H14ClFN2O2/c16-11-5-6-14(10(7-11)8-18)21-9-15(20)19-13-4-2-1-3-12(13)17/h1-7H,8-9,18H2,(H,19,20). The van der Waals surface area contributed by atoms with Crippen molar-refractivity contribution in [3.8, 4) is 5.75 Å². The average molecular weight is 309 g/mol. The second kappa shape index (κ2) is 7.06. The molecule has 0 aromatic heterocycles. The molecule has 0 saturated carbocycles. The smallest absolute Gasteiger partial charge is 0.262 e. The van der Waals surface area contributed by atoms with Gasteiger partial charge in [-0.2, -0.15) is 0 Å². The molecule has 0 atom stereocenters. The Morgan fingerprint density at radius 2 is 2.05 bits per heavy atom. The fraction of sp³-hybridized carbons (Fsp3) is 0.133. The summed E-state index contributed by atoms with van der Waals surface area (Å²) >= 11 is 5.85. The van der Waals surface area contributed by atoms with Gasteiger partial charge in [0, 0.05) is 17.1 Å². The minimum absolute atomic E-state index is 0.112. The van der Waals surface area contributed by atoms with Gasteiger partial charge in [0.1, 0.15) is 11.6 Å². The molecule has 0 fully saturated rings. The Hall–Kier alpha value is -2.11. The van der Waals surface area contributed by atoms with Crippen molar-refractivity contribution in [2.75, 3.05) is 11.9 Å². The van der Waals surface area contributed by atoms with E-state index in [-0.39, 0.29) is 18.8 Å². The van der Waals surface area contributed by atoms with Crippen LogP contribution in [0.15, 0.2) is 42.5 Å². The minimum Gasteiger partial charge on any atom is -0.483 e.